The van der Waals surface area contributed by atoms with Gasteiger partial charge in [-0.05, 0) is 40.3 Å². The fourth-order valence-corrected chi connectivity index (χ4v) is 10.5. The molecule has 2 amide bonds. The molecule has 3 heterocycles. The SMILES string of the molecule is CCO/N=C(\C(=O)NC1C(=O)N2C(C(=O)OC(c3ccccc3)c3ccccc3)=C(CI)CS[C@@H]12)c1csc(NC(c2ccccc2)(c2ccccc2)c2ccccc2)n1. The van der Waals surface area contributed by atoms with E-state index < -0.39 is 40.8 Å². The van der Waals surface area contributed by atoms with Gasteiger partial charge in [-0.1, -0.05) is 179 Å². The van der Waals surface area contributed by atoms with Crippen LogP contribution in [0.25, 0.3) is 0 Å². The van der Waals surface area contributed by atoms with Gasteiger partial charge in [-0.3, -0.25) is 14.5 Å². The number of rotatable bonds is 15. The van der Waals surface area contributed by atoms with Gasteiger partial charge in [0.2, 0.25) is 0 Å². The molecule has 1 unspecified atom stereocenters. The fourth-order valence-electron chi connectivity index (χ4n) is 7.45. The van der Waals surface area contributed by atoms with Crippen molar-refractivity contribution in [2.45, 2.75) is 30.0 Å². The van der Waals surface area contributed by atoms with Crippen LogP contribution in [0.1, 0.15) is 46.5 Å². The first-order chi connectivity index (χ1) is 29.4. The Balaban J connectivity index is 1.04. The van der Waals surface area contributed by atoms with Crippen LogP contribution >= 0.6 is 45.7 Å². The molecule has 0 saturated carbocycles. The minimum absolute atomic E-state index is 0.0744. The molecule has 1 saturated heterocycles. The quantitative estimate of drug-likeness (QED) is 0.0200. The normalized spacial score (nSPS) is 16.5. The maximum Gasteiger partial charge on any atom is 0.356 e. The zero-order chi connectivity index (χ0) is 41.5. The van der Waals surface area contributed by atoms with Crippen LogP contribution < -0.4 is 10.6 Å². The summed E-state index contributed by atoms with van der Waals surface area (Å²) >= 11 is 5.02. The molecule has 2 aliphatic heterocycles. The lowest BCUT2D eigenvalue weighted by Gasteiger charge is -2.49. The lowest BCUT2D eigenvalue weighted by Crippen LogP contribution is -2.71. The highest BCUT2D eigenvalue weighted by atomic mass is 127. The van der Waals surface area contributed by atoms with Gasteiger partial charge in [0.1, 0.15) is 35.0 Å². The number of esters is 1. The predicted molar refractivity (Wildman–Crippen MR) is 245 cm³/mol. The summed E-state index contributed by atoms with van der Waals surface area (Å²) in [5, 5.41) is 12.6. The molecular weight excluding hydrogens is 906 g/mol. The summed E-state index contributed by atoms with van der Waals surface area (Å²) in [6.45, 7) is 1.98. The molecule has 2 atom stereocenters. The van der Waals surface area contributed by atoms with E-state index in [0.29, 0.717) is 15.3 Å². The molecule has 0 spiro atoms. The van der Waals surface area contributed by atoms with Crippen LogP contribution in [0.5, 0.6) is 0 Å². The number of halogens is 1. The van der Waals surface area contributed by atoms with Crippen molar-refractivity contribution in [1.82, 2.24) is 15.2 Å². The molecule has 0 radical (unpaired) electrons. The third-order valence-electron chi connectivity index (χ3n) is 10.3. The summed E-state index contributed by atoms with van der Waals surface area (Å²) in [5.41, 5.74) is 4.98. The summed E-state index contributed by atoms with van der Waals surface area (Å²) in [4.78, 5) is 54.1. The van der Waals surface area contributed by atoms with Crippen molar-refractivity contribution in [2.24, 2.45) is 5.16 Å². The molecule has 0 bridgehead atoms. The number of oxime groups is 1. The molecule has 8 rings (SSSR count). The van der Waals surface area contributed by atoms with Crippen molar-refractivity contribution in [2.75, 3.05) is 22.1 Å². The monoisotopic (exact) mass is 945 g/mol. The summed E-state index contributed by atoms with van der Waals surface area (Å²) in [6, 6.07) is 48.6. The highest BCUT2D eigenvalue weighted by molar-refractivity contribution is 14.1. The van der Waals surface area contributed by atoms with Crippen LogP contribution in [-0.2, 0) is 29.5 Å². The number of nitrogens with one attached hydrogen (secondary N) is 2. The molecule has 302 valence electrons. The van der Waals surface area contributed by atoms with Crippen molar-refractivity contribution < 1.29 is 24.0 Å². The lowest BCUT2D eigenvalue weighted by atomic mass is 9.77. The number of nitrogens with zero attached hydrogens (tertiary/aromatic N) is 3. The van der Waals surface area contributed by atoms with E-state index in [-0.39, 0.29) is 23.7 Å². The number of hydrogen-bond acceptors (Lipinski definition) is 10. The van der Waals surface area contributed by atoms with Crippen molar-refractivity contribution in [3.8, 4) is 0 Å². The molecule has 6 aromatic rings. The molecule has 2 aliphatic rings. The maximum atomic E-state index is 14.2. The van der Waals surface area contributed by atoms with Gasteiger partial charge in [0, 0.05) is 15.6 Å². The Morgan fingerprint density at radius 3 is 1.85 bits per heavy atom. The van der Waals surface area contributed by atoms with Crippen LogP contribution in [0.4, 0.5) is 5.13 Å². The summed E-state index contributed by atoms with van der Waals surface area (Å²) < 4.78 is 6.76. The van der Waals surface area contributed by atoms with E-state index in [1.165, 1.54) is 28.0 Å². The van der Waals surface area contributed by atoms with Gasteiger partial charge in [-0.15, -0.1) is 23.1 Å². The van der Waals surface area contributed by atoms with Crippen LogP contribution in [0.2, 0.25) is 0 Å². The summed E-state index contributed by atoms with van der Waals surface area (Å²) in [5.74, 6) is -1.15. The second-order valence-corrected chi connectivity index (χ2v) is 16.6. The van der Waals surface area contributed by atoms with E-state index in [0.717, 1.165) is 33.4 Å². The first-order valence-electron chi connectivity index (χ1n) is 19.4. The smallest absolute Gasteiger partial charge is 0.356 e. The number of alkyl halides is 1. The van der Waals surface area contributed by atoms with E-state index in [1.54, 1.807) is 12.3 Å². The Bertz CT molecular complexity index is 2370. The number of ether oxygens (including phenoxy) is 1. The van der Waals surface area contributed by atoms with Crippen molar-refractivity contribution in [3.63, 3.8) is 0 Å². The Labute approximate surface area is 370 Å². The van der Waals surface area contributed by atoms with E-state index >= 15 is 0 Å². The average Bonchev–Trinajstić information content (AvgIpc) is 3.77. The van der Waals surface area contributed by atoms with Gasteiger partial charge in [0.05, 0.1) is 0 Å². The van der Waals surface area contributed by atoms with Gasteiger partial charge in [-0.25, -0.2) is 9.78 Å². The van der Waals surface area contributed by atoms with E-state index in [1.807, 2.05) is 115 Å². The van der Waals surface area contributed by atoms with E-state index in [9.17, 15) is 14.4 Å². The topological polar surface area (TPSA) is 122 Å². The Hall–Kier alpha value is -5.77. The number of aromatic nitrogens is 1. The average molecular weight is 946 g/mol. The van der Waals surface area contributed by atoms with Crippen LogP contribution in [0, 0.1) is 0 Å². The number of thiazole rings is 1. The van der Waals surface area contributed by atoms with E-state index in [4.69, 9.17) is 14.6 Å². The minimum atomic E-state index is -0.926. The number of fused-ring (bicyclic) bond motifs is 1. The molecule has 5 aromatic carbocycles. The van der Waals surface area contributed by atoms with Crippen molar-refractivity contribution in [1.29, 1.82) is 0 Å². The summed E-state index contributed by atoms with van der Waals surface area (Å²) in [6.07, 6.45) is -0.684. The molecule has 0 aliphatic carbocycles. The van der Waals surface area contributed by atoms with Crippen LogP contribution in [0.3, 0.4) is 0 Å². The second-order valence-electron chi connectivity index (χ2n) is 13.9. The molecular formula is C47H40IN5O5S2. The minimum Gasteiger partial charge on any atom is -0.448 e. The zero-order valence-electron chi connectivity index (χ0n) is 32.4. The van der Waals surface area contributed by atoms with Gasteiger partial charge in [0.25, 0.3) is 11.8 Å². The van der Waals surface area contributed by atoms with Crippen LogP contribution in [0.15, 0.2) is 173 Å². The third kappa shape index (κ3) is 8.21. The second kappa shape index (κ2) is 18.7. The van der Waals surface area contributed by atoms with Gasteiger partial charge < -0.3 is 20.2 Å². The molecule has 1 fully saturated rings. The maximum absolute atomic E-state index is 14.2. The number of anilines is 1. The van der Waals surface area contributed by atoms with Crippen LogP contribution in [-0.4, -0.2) is 61.6 Å². The predicted octanol–water partition coefficient (Wildman–Crippen LogP) is 8.71. The van der Waals surface area contributed by atoms with Gasteiger partial charge in [-0.2, -0.15) is 0 Å². The third-order valence-corrected chi connectivity index (χ3v) is 13.3. The van der Waals surface area contributed by atoms with Gasteiger partial charge in [0.15, 0.2) is 16.9 Å². The number of thioether (sulfide) groups is 1. The standard InChI is InChI=1S/C47H40IN5O5S2/c1-2-57-52-38(37-30-60-46(49-37)51-47(34-22-12-5-13-23-34,35-24-14-6-15-25-35)36-26-16-7-17-27-36)42(54)50-39-43(55)53-40(33(28-48)29-59-44(39)53)45(56)58-41(31-18-8-3-9-19-31)32-20-10-4-11-21-32/h3-27,30,39,41,44H,2,28-29H2,1H3,(H,49,51)(H,50,54)/b52-38-/t39?,44-/m0/s1. The number of β-lactam (4-membered cyclic amide) rings is 1. The molecule has 1 aromatic heterocycles. The number of amides is 2. The zero-order valence-corrected chi connectivity index (χ0v) is 36.2. The van der Waals surface area contributed by atoms with E-state index in [2.05, 4.69) is 74.8 Å². The molecule has 2 N–H and O–H groups in total. The lowest BCUT2D eigenvalue weighted by molar-refractivity contribution is -0.154. The number of hydrogen-bond donors (Lipinski definition) is 2. The fraction of sp³-hybridized carbons (Fsp3) is 0.170. The highest BCUT2D eigenvalue weighted by Gasteiger charge is 2.55. The summed E-state index contributed by atoms with van der Waals surface area (Å²) in [7, 11) is 0. The highest BCUT2D eigenvalue weighted by Crippen LogP contribution is 2.43. The Morgan fingerprint density at radius 1 is 0.833 bits per heavy atom. The van der Waals surface area contributed by atoms with Gasteiger partial charge >= 0.3 is 5.97 Å². The first-order valence-corrected chi connectivity index (χ1v) is 22.8. The Kier molecular flexibility index (Phi) is 12.7. The first kappa shape index (κ1) is 41.0. The van der Waals surface area contributed by atoms with Crippen molar-refractivity contribution in [3.05, 3.63) is 202 Å². The molecule has 60 heavy (non-hydrogen) atoms. The molecule has 10 nitrogen and oxygen atoms in total. The molecule has 13 heteroatoms. The van der Waals surface area contributed by atoms with Crippen molar-refractivity contribution >= 4 is 74.3 Å². The number of benzene rings is 5. The number of carbonyl (C=O) groups excluding carboxylic acids is 3. The largest absolute Gasteiger partial charge is 0.448 e. The number of carbonyl (C=O) groups is 3. The Morgan fingerprint density at radius 2 is 1.35 bits per heavy atom.